The van der Waals surface area contributed by atoms with Crippen LogP contribution in [0, 0.1) is 12.7 Å². The fourth-order valence-electron chi connectivity index (χ4n) is 1.40. The molecule has 0 fully saturated rings. The van der Waals surface area contributed by atoms with Crippen LogP contribution in [0.15, 0.2) is 22.1 Å². The van der Waals surface area contributed by atoms with Gasteiger partial charge in [-0.05, 0) is 34.5 Å². The molecule has 0 aliphatic heterocycles. The Labute approximate surface area is 105 Å². The van der Waals surface area contributed by atoms with Gasteiger partial charge in [-0.25, -0.2) is 9.37 Å². The third kappa shape index (κ3) is 2.16. The third-order valence-corrected chi connectivity index (χ3v) is 3.75. The van der Waals surface area contributed by atoms with Crippen LogP contribution in [0.1, 0.15) is 10.4 Å². The first-order valence-corrected chi connectivity index (χ1v) is 6.25. The second-order valence-electron chi connectivity index (χ2n) is 3.36. The molecule has 0 amide bonds. The molecule has 0 bridgehead atoms. The van der Waals surface area contributed by atoms with Crippen LogP contribution >= 0.6 is 27.3 Å². The normalized spacial score (nSPS) is 10.8. The van der Waals surface area contributed by atoms with Crippen LogP contribution in [-0.4, -0.2) is 10.1 Å². The van der Waals surface area contributed by atoms with Crippen molar-refractivity contribution in [3.8, 4) is 11.3 Å². The number of halogens is 2. The minimum Gasteiger partial charge on any atom is -0.391 e. The van der Waals surface area contributed by atoms with Crippen LogP contribution in [0.5, 0.6) is 0 Å². The molecule has 0 atom stereocenters. The molecule has 1 heterocycles. The number of nitrogens with zero attached hydrogens (tertiary/aromatic N) is 1. The number of hydrogen-bond donors (Lipinski definition) is 1. The molecule has 1 aromatic heterocycles. The van der Waals surface area contributed by atoms with Crippen molar-refractivity contribution in [2.45, 2.75) is 13.5 Å². The zero-order valence-corrected chi connectivity index (χ0v) is 10.9. The number of aryl methyl sites for hydroxylation is 1. The van der Waals surface area contributed by atoms with Gasteiger partial charge in [0.05, 0.1) is 17.2 Å². The van der Waals surface area contributed by atoms with Crippen molar-refractivity contribution in [2.24, 2.45) is 0 Å². The lowest BCUT2D eigenvalue weighted by Gasteiger charge is -2.02. The van der Waals surface area contributed by atoms with Gasteiger partial charge in [0.25, 0.3) is 0 Å². The van der Waals surface area contributed by atoms with Crippen molar-refractivity contribution in [1.82, 2.24) is 4.98 Å². The fraction of sp³-hybridized carbons (Fsp3) is 0.182. The van der Waals surface area contributed by atoms with Crippen molar-refractivity contribution in [2.75, 3.05) is 0 Å². The molecule has 0 unspecified atom stereocenters. The summed E-state index contributed by atoms with van der Waals surface area (Å²) in [6.07, 6.45) is 0. The molecule has 84 valence electrons. The quantitative estimate of drug-likeness (QED) is 0.921. The SMILES string of the molecule is Cc1ccc(-c2nc(Br)sc2CO)cc1F. The molecule has 2 nitrogen and oxygen atoms in total. The molecule has 1 N–H and O–H groups in total. The Balaban J connectivity index is 2.53. The van der Waals surface area contributed by atoms with Gasteiger partial charge >= 0.3 is 0 Å². The fourth-order valence-corrected chi connectivity index (χ4v) is 2.82. The highest BCUT2D eigenvalue weighted by Crippen LogP contribution is 2.31. The predicted molar refractivity (Wildman–Crippen MR) is 65.9 cm³/mol. The Hall–Kier alpha value is -0.780. The maximum Gasteiger partial charge on any atom is 0.160 e. The minimum absolute atomic E-state index is 0.0892. The molecule has 0 aliphatic carbocycles. The van der Waals surface area contributed by atoms with E-state index in [1.807, 2.05) is 0 Å². The number of aliphatic hydroxyl groups is 1. The van der Waals surface area contributed by atoms with Crippen molar-refractivity contribution >= 4 is 27.3 Å². The first-order valence-electron chi connectivity index (χ1n) is 4.64. The molecular weight excluding hydrogens is 293 g/mol. The van der Waals surface area contributed by atoms with Crippen molar-refractivity contribution in [3.05, 3.63) is 38.4 Å². The molecule has 0 spiro atoms. The van der Waals surface area contributed by atoms with E-state index in [0.717, 1.165) is 4.88 Å². The van der Waals surface area contributed by atoms with E-state index in [2.05, 4.69) is 20.9 Å². The number of benzene rings is 1. The van der Waals surface area contributed by atoms with Gasteiger partial charge in [-0.15, -0.1) is 11.3 Å². The van der Waals surface area contributed by atoms with E-state index in [0.29, 0.717) is 20.7 Å². The Morgan fingerprint density at radius 1 is 1.50 bits per heavy atom. The summed E-state index contributed by atoms with van der Waals surface area (Å²) in [5, 5.41) is 9.17. The number of rotatable bonds is 2. The minimum atomic E-state index is -0.259. The summed E-state index contributed by atoms with van der Waals surface area (Å²) in [5.74, 6) is -0.259. The molecule has 16 heavy (non-hydrogen) atoms. The summed E-state index contributed by atoms with van der Waals surface area (Å²) in [6, 6.07) is 4.95. The van der Waals surface area contributed by atoms with Crippen LogP contribution in [-0.2, 0) is 6.61 Å². The van der Waals surface area contributed by atoms with Crippen LogP contribution < -0.4 is 0 Å². The van der Waals surface area contributed by atoms with Crippen LogP contribution in [0.3, 0.4) is 0 Å². The molecule has 5 heteroatoms. The van der Waals surface area contributed by atoms with E-state index in [1.54, 1.807) is 19.1 Å². The second-order valence-corrected chi connectivity index (χ2v) is 5.72. The van der Waals surface area contributed by atoms with Gasteiger partial charge in [-0.3, -0.25) is 0 Å². The van der Waals surface area contributed by atoms with Crippen molar-refractivity contribution in [1.29, 1.82) is 0 Å². The molecule has 0 saturated heterocycles. The topological polar surface area (TPSA) is 33.1 Å². The van der Waals surface area contributed by atoms with Gasteiger partial charge in [0.1, 0.15) is 5.82 Å². The van der Waals surface area contributed by atoms with E-state index in [4.69, 9.17) is 0 Å². The molecule has 0 saturated carbocycles. The van der Waals surface area contributed by atoms with Crippen molar-refractivity contribution < 1.29 is 9.50 Å². The Bertz CT molecular complexity index is 527. The second kappa shape index (κ2) is 4.61. The van der Waals surface area contributed by atoms with Crippen LogP contribution in [0.25, 0.3) is 11.3 Å². The molecule has 2 aromatic rings. The van der Waals surface area contributed by atoms with E-state index >= 15 is 0 Å². The van der Waals surface area contributed by atoms with Gasteiger partial charge in [0, 0.05) is 5.56 Å². The number of aromatic nitrogens is 1. The molecule has 0 radical (unpaired) electrons. The number of aliphatic hydroxyl groups excluding tert-OH is 1. The molecular formula is C11H9BrFNOS. The highest BCUT2D eigenvalue weighted by Gasteiger charge is 2.12. The van der Waals surface area contributed by atoms with Gasteiger partial charge in [-0.2, -0.15) is 0 Å². The third-order valence-electron chi connectivity index (χ3n) is 2.26. The number of hydrogen-bond acceptors (Lipinski definition) is 3. The van der Waals surface area contributed by atoms with Gasteiger partial charge < -0.3 is 5.11 Å². The zero-order valence-electron chi connectivity index (χ0n) is 8.50. The van der Waals surface area contributed by atoms with Crippen LogP contribution in [0.4, 0.5) is 4.39 Å². The average molecular weight is 302 g/mol. The number of thiazole rings is 1. The maximum absolute atomic E-state index is 13.4. The Morgan fingerprint density at radius 2 is 2.25 bits per heavy atom. The van der Waals surface area contributed by atoms with E-state index in [9.17, 15) is 9.50 Å². The van der Waals surface area contributed by atoms with E-state index < -0.39 is 0 Å². The summed E-state index contributed by atoms with van der Waals surface area (Å²) in [7, 11) is 0. The summed E-state index contributed by atoms with van der Waals surface area (Å²) >= 11 is 4.61. The Morgan fingerprint density at radius 3 is 2.88 bits per heavy atom. The largest absolute Gasteiger partial charge is 0.391 e. The molecule has 1 aromatic carbocycles. The summed E-state index contributed by atoms with van der Waals surface area (Å²) < 4.78 is 14.1. The van der Waals surface area contributed by atoms with Gasteiger partial charge in [0.2, 0.25) is 0 Å². The van der Waals surface area contributed by atoms with E-state index in [-0.39, 0.29) is 12.4 Å². The molecule has 2 rings (SSSR count). The van der Waals surface area contributed by atoms with Crippen molar-refractivity contribution in [3.63, 3.8) is 0 Å². The van der Waals surface area contributed by atoms with Gasteiger partial charge in [0.15, 0.2) is 3.92 Å². The highest BCUT2D eigenvalue weighted by atomic mass is 79.9. The summed E-state index contributed by atoms with van der Waals surface area (Å²) in [4.78, 5) is 4.96. The summed E-state index contributed by atoms with van der Waals surface area (Å²) in [6.45, 7) is 1.62. The monoisotopic (exact) mass is 301 g/mol. The lowest BCUT2D eigenvalue weighted by atomic mass is 10.1. The highest BCUT2D eigenvalue weighted by molar-refractivity contribution is 9.11. The first-order chi connectivity index (χ1) is 7.61. The summed E-state index contributed by atoms with van der Waals surface area (Å²) in [5.41, 5.74) is 1.93. The van der Waals surface area contributed by atoms with Gasteiger partial charge in [-0.1, -0.05) is 12.1 Å². The lowest BCUT2D eigenvalue weighted by Crippen LogP contribution is -1.88. The first kappa shape index (κ1) is 11.7. The zero-order chi connectivity index (χ0) is 11.7. The average Bonchev–Trinajstić information content (AvgIpc) is 2.63. The van der Waals surface area contributed by atoms with E-state index in [1.165, 1.54) is 17.4 Å². The lowest BCUT2D eigenvalue weighted by molar-refractivity contribution is 0.286. The smallest absolute Gasteiger partial charge is 0.160 e. The maximum atomic E-state index is 13.4. The molecule has 0 aliphatic rings. The van der Waals surface area contributed by atoms with Crippen LogP contribution in [0.2, 0.25) is 0 Å². The predicted octanol–water partition coefficient (Wildman–Crippen LogP) is 3.51. The Kier molecular flexibility index (Phi) is 3.37. The standard InChI is InChI=1S/C11H9BrFNOS/c1-6-2-3-7(4-8(6)13)10-9(5-15)16-11(12)14-10/h2-4,15H,5H2,1H3.